The minimum Gasteiger partial charge on any atom is -0.319 e. The van der Waals surface area contributed by atoms with Gasteiger partial charge in [-0.1, -0.05) is 43.9 Å². The summed E-state index contributed by atoms with van der Waals surface area (Å²) in [6.45, 7) is 0.876. The molecule has 4 heteroatoms. The van der Waals surface area contributed by atoms with E-state index < -0.39 is 11.7 Å². The van der Waals surface area contributed by atoms with Crippen molar-refractivity contribution in [2.45, 2.75) is 38.3 Å². The lowest BCUT2D eigenvalue weighted by Crippen LogP contribution is -2.26. The molecule has 1 aliphatic carbocycles. The second-order valence-corrected chi connectivity index (χ2v) is 5.76. The molecule has 1 aromatic rings. The number of alkyl halides is 3. The average Bonchev–Trinajstić information content (AvgIpc) is 2.91. The van der Waals surface area contributed by atoms with E-state index in [9.17, 15) is 13.2 Å². The van der Waals surface area contributed by atoms with Crippen LogP contribution in [0.5, 0.6) is 0 Å². The van der Waals surface area contributed by atoms with Crippen LogP contribution in [-0.2, 0) is 12.6 Å². The molecule has 20 heavy (non-hydrogen) atoms. The van der Waals surface area contributed by atoms with Gasteiger partial charge in [0.2, 0.25) is 0 Å². The zero-order valence-electron chi connectivity index (χ0n) is 11.8. The molecule has 1 aromatic carbocycles. The lowest BCUT2D eigenvalue weighted by molar-refractivity contribution is -0.137. The van der Waals surface area contributed by atoms with E-state index in [0.29, 0.717) is 11.8 Å². The quantitative estimate of drug-likeness (QED) is 0.851. The fraction of sp³-hybridized carbons (Fsp3) is 0.625. The van der Waals surface area contributed by atoms with E-state index in [1.54, 1.807) is 0 Å². The number of rotatable bonds is 5. The van der Waals surface area contributed by atoms with E-state index in [0.717, 1.165) is 24.6 Å². The van der Waals surface area contributed by atoms with Crippen LogP contribution >= 0.6 is 0 Å². The van der Waals surface area contributed by atoms with Crippen LogP contribution in [0, 0.1) is 11.8 Å². The normalized spacial score (nSPS) is 18.4. The third kappa shape index (κ3) is 3.98. The third-order valence-electron chi connectivity index (χ3n) is 4.29. The van der Waals surface area contributed by atoms with E-state index in [2.05, 4.69) is 5.32 Å². The van der Waals surface area contributed by atoms with Gasteiger partial charge in [0.1, 0.15) is 0 Å². The van der Waals surface area contributed by atoms with E-state index in [-0.39, 0.29) is 0 Å². The van der Waals surface area contributed by atoms with E-state index in [1.165, 1.54) is 37.8 Å². The Kier molecular flexibility index (Phi) is 5.08. The molecule has 0 spiro atoms. The van der Waals surface area contributed by atoms with Crippen molar-refractivity contribution in [2.75, 3.05) is 13.6 Å². The Morgan fingerprint density at radius 3 is 2.55 bits per heavy atom. The monoisotopic (exact) mass is 285 g/mol. The SMILES string of the molecule is CNCC(Cc1cccc(C(F)(F)F)c1)C1CCCC1. The lowest BCUT2D eigenvalue weighted by Gasteiger charge is -2.23. The molecule has 0 aromatic heterocycles. The molecule has 1 unspecified atom stereocenters. The first-order chi connectivity index (χ1) is 9.50. The van der Waals surface area contributed by atoms with Crippen molar-refractivity contribution in [1.29, 1.82) is 0 Å². The minimum absolute atomic E-state index is 0.436. The number of benzene rings is 1. The van der Waals surface area contributed by atoms with Crippen molar-refractivity contribution >= 4 is 0 Å². The zero-order valence-corrected chi connectivity index (χ0v) is 11.8. The Balaban J connectivity index is 2.09. The highest BCUT2D eigenvalue weighted by atomic mass is 19.4. The Hall–Kier alpha value is -1.03. The molecule has 0 saturated heterocycles. The van der Waals surface area contributed by atoms with E-state index in [4.69, 9.17) is 0 Å². The molecule has 0 aliphatic heterocycles. The van der Waals surface area contributed by atoms with Gasteiger partial charge in [-0.15, -0.1) is 0 Å². The minimum atomic E-state index is -4.25. The van der Waals surface area contributed by atoms with Gasteiger partial charge in [-0.2, -0.15) is 13.2 Å². The Bertz CT molecular complexity index is 422. The molecular weight excluding hydrogens is 263 g/mol. The molecule has 1 atom stereocenters. The first-order valence-electron chi connectivity index (χ1n) is 7.31. The van der Waals surface area contributed by atoms with Gasteiger partial charge in [-0.3, -0.25) is 0 Å². The van der Waals surface area contributed by atoms with Crippen LogP contribution in [0.4, 0.5) is 13.2 Å². The van der Waals surface area contributed by atoms with Gasteiger partial charge < -0.3 is 5.32 Å². The molecule has 0 amide bonds. The average molecular weight is 285 g/mol. The highest BCUT2D eigenvalue weighted by Crippen LogP contribution is 2.34. The number of nitrogens with one attached hydrogen (secondary N) is 1. The molecule has 112 valence electrons. The summed E-state index contributed by atoms with van der Waals surface area (Å²) in [5.41, 5.74) is 0.261. The summed E-state index contributed by atoms with van der Waals surface area (Å²) >= 11 is 0. The van der Waals surface area contributed by atoms with E-state index in [1.807, 2.05) is 13.1 Å². The van der Waals surface area contributed by atoms with Crippen molar-refractivity contribution in [1.82, 2.24) is 5.32 Å². The summed E-state index contributed by atoms with van der Waals surface area (Å²) in [6.07, 6.45) is 1.43. The largest absolute Gasteiger partial charge is 0.416 e. The third-order valence-corrected chi connectivity index (χ3v) is 4.29. The Labute approximate surface area is 118 Å². The maximum atomic E-state index is 12.7. The van der Waals surface area contributed by atoms with Crippen LogP contribution < -0.4 is 5.32 Å². The Morgan fingerprint density at radius 1 is 1.25 bits per heavy atom. The molecule has 1 aliphatic rings. The van der Waals surface area contributed by atoms with Crippen molar-refractivity contribution in [3.63, 3.8) is 0 Å². The molecular formula is C16H22F3N. The van der Waals surface area contributed by atoms with Crippen molar-refractivity contribution < 1.29 is 13.2 Å². The molecule has 2 rings (SSSR count). The van der Waals surface area contributed by atoms with Crippen LogP contribution in [0.15, 0.2) is 24.3 Å². The lowest BCUT2D eigenvalue weighted by atomic mass is 9.85. The fourth-order valence-electron chi connectivity index (χ4n) is 3.27. The predicted molar refractivity (Wildman–Crippen MR) is 74.5 cm³/mol. The van der Waals surface area contributed by atoms with Gasteiger partial charge in [-0.05, 0) is 43.5 Å². The summed E-state index contributed by atoms with van der Waals surface area (Å²) < 4.78 is 38.2. The van der Waals surface area contributed by atoms with Gasteiger partial charge in [0.05, 0.1) is 5.56 Å². The van der Waals surface area contributed by atoms with Crippen molar-refractivity contribution in [3.05, 3.63) is 35.4 Å². The summed E-state index contributed by atoms with van der Waals surface area (Å²) in [6, 6.07) is 5.78. The fourth-order valence-corrected chi connectivity index (χ4v) is 3.27. The van der Waals surface area contributed by atoms with Crippen LogP contribution in [0.25, 0.3) is 0 Å². The van der Waals surface area contributed by atoms with E-state index >= 15 is 0 Å². The summed E-state index contributed by atoms with van der Waals surface area (Å²) in [4.78, 5) is 0. The smallest absolute Gasteiger partial charge is 0.319 e. The maximum Gasteiger partial charge on any atom is 0.416 e. The summed E-state index contributed by atoms with van der Waals surface area (Å²) in [5.74, 6) is 1.09. The predicted octanol–water partition coefficient (Wildman–Crippen LogP) is 4.27. The van der Waals surface area contributed by atoms with Crippen molar-refractivity contribution in [3.8, 4) is 0 Å². The molecule has 1 N–H and O–H groups in total. The van der Waals surface area contributed by atoms with Crippen LogP contribution in [0.1, 0.15) is 36.8 Å². The topological polar surface area (TPSA) is 12.0 Å². The summed E-state index contributed by atoms with van der Waals surface area (Å²) in [7, 11) is 1.91. The molecule has 1 nitrogen and oxygen atoms in total. The van der Waals surface area contributed by atoms with Crippen LogP contribution in [0.3, 0.4) is 0 Å². The maximum absolute atomic E-state index is 12.7. The molecule has 1 fully saturated rings. The summed E-state index contributed by atoms with van der Waals surface area (Å²) in [5, 5.41) is 3.19. The number of halogens is 3. The van der Waals surface area contributed by atoms with Crippen molar-refractivity contribution in [2.24, 2.45) is 11.8 Å². The second kappa shape index (κ2) is 6.61. The Morgan fingerprint density at radius 2 is 1.95 bits per heavy atom. The first-order valence-corrected chi connectivity index (χ1v) is 7.31. The standard InChI is InChI=1S/C16H22F3N/c1-20-11-14(13-6-2-3-7-13)9-12-5-4-8-15(10-12)16(17,18)19/h4-5,8,10,13-14,20H,2-3,6-7,9,11H2,1H3. The van der Waals surface area contributed by atoms with Gasteiger partial charge in [0.15, 0.2) is 0 Å². The van der Waals surface area contributed by atoms with Gasteiger partial charge in [0.25, 0.3) is 0 Å². The number of hydrogen-bond acceptors (Lipinski definition) is 1. The second-order valence-electron chi connectivity index (χ2n) is 5.76. The van der Waals surface area contributed by atoms with Crippen LogP contribution in [-0.4, -0.2) is 13.6 Å². The van der Waals surface area contributed by atoms with Gasteiger partial charge in [-0.25, -0.2) is 0 Å². The number of hydrogen-bond donors (Lipinski definition) is 1. The molecule has 0 bridgehead atoms. The first kappa shape index (κ1) is 15.4. The molecule has 1 saturated carbocycles. The van der Waals surface area contributed by atoms with Crippen LogP contribution in [0.2, 0.25) is 0 Å². The zero-order chi connectivity index (χ0) is 14.6. The van der Waals surface area contributed by atoms with Gasteiger partial charge in [0, 0.05) is 0 Å². The van der Waals surface area contributed by atoms with Gasteiger partial charge >= 0.3 is 6.18 Å². The molecule has 0 radical (unpaired) electrons. The highest BCUT2D eigenvalue weighted by Gasteiger charge is 2.31. The highest BCUT2D eigenvalue weighted by molar-refractivity contribution is 5.26. The molecule has 0 heterocycles.